The van der Waals surface area contributed by atoms with Crippen molar-refractivity contribution in [1.29, 1.82) is 0 Å². The van der Waals surface area contributed by atoms with E-state index in [-0.39, 0.29) is 17.1 Å². The van der Waals surface area contributed by atoms with Crippen LogP contribution < -0.4 is 14.9 Å². The highest BCUT2D eigenvalue weighted by atomic mass is 16.5. The van der Waals surface area contributed by atoms with Gasteiger partial charge in [-0.2, -0.15) is 0 Å². The molecule has 1 atom stereocenters. The first-order chi connectivity index (χ1) is 18.7. The Bertz CT molecular complexity index is 1600. The Hall–Kier alpha value is -4.06. The van der Waals surface area contributed by atoms with Gasteiger partial charge in [0.2, 0.25) is 5.76 Å². The highest BCUT2D eigenvalue weighted by molar-refractivity contribution is 5.99. The highest BCUT2D eigenvalue weighted by Gasteiger charge is 2.43. The zero-order valence-corrected chi connectivity index (χ0v) is 23.5. The molecule has 3 aromatic carbocycles. The van der Waals surface area contributed by atoms with Gasteiger partial charge in [-0.3, -0.25) is 9.59 Å². The maximum atomic E-state index is 14.0. The number of methoxy groups -OCH3 is 1. The van der Waals surface area contributed by atoms with E-state index in [1.54, 1.807) is 12.0 Å². The molecule has 0 fully saturated rings. The summed E-state index contributed by atoms with van der Waals surface area (Å²) < 4.78 is 17.9. The predicted octanol–water partition coefficient (Wildman–Crippen LogP) is 6.90. The number of carbonyl (C=O) groups excluding carboxylic acids is 1. The van der Waals surface area contributed by atoms with E-state index in [1.807, 2.05) is 75.4 Å². The molecule has 1 amide bonds. The van der Waals surface area contributed by atoms with Gasteiger partial charge in [0.05, 0.1) is 30.7 Å². The summed E-state index contributed by atoms with van der Waals surface area (Å²) in [7, 11) is 1.60. The Labute approximate surface area is 229 Å². The van der Waals surface area contributed by atoms with Crippen LogP contribution in [0, 0.1) is 26.7 Å². The summed E-state index contributed by atoms with van der Waals surface area (Å²) >= 11 is 0. The van der Waals surface area contributed by atoms with E-state index < -0.39 is 6.04 Å². The summed E-state index contributed by atoms with van der Waals surface area (Å²) in [4.78, 5) is 29.6. The number of benzene rings is 3. The molecule has 5 rings (SSSR count). The van der Waals surface area contributed by atoms with Gasteiger partial charge in [0.1, 0.15) is 5.58 Å². The maximum absolute atomic E-state index is 14.0. The zero-order chi connectivity index (χ0) is 27.8. The number of hydrogen-bond acceptors (Lipinski definition) is 5. The lowest BCUT2D eigenvalue weighted by Gasteiger charge is -2.26. The molecule has 202 valence electrons. The molecule has 6 heteroatoms. The van der Waals surface area contributed by atoms with E-state index in [2.05, 4.69) is 13.8 Å². The van der Waals surface area contributed by atoms with E-state index in [9.17, 15) is 9.59 Å². The minimum Gasteiger partial charge on any atom is -0.493 e. The molecular weight excluding hydrogens is 490 g/mol. The molecule has 0 N–H and O–H groups in total. The van der Waals surface area contributed by atoms with Crippen molar-refractivity contribution < 1.29 is 18.7 Å². The summed E-state index contributed by atoms with van der Waals surface area (Å²) in [5, 5.41) is 0.479. The third-order valence-corrected chi connectivity index (χ3v) is 7.51. The van der Waals surface area contributed by atoms with Crippen LogP contribution in [0.4, 0.5) is 0 Å². The lowest BCUT2D eigenvalue weighted by atomic mass is 9.97. The molecule has 0 spiro atoms. The lowest BCUT2D eigenvalue weighted by Crippen LogP contribution is -2.29. The van der Waals surface area contributed by atoms with E-state index in [0.29, 0.717) is 47.1 Å². The van der Waals surface area contributed by atoms with Gasteiger partial charge in [-0.1, -0.05) is 49.7 Å². The van der Waals surface area contributed by atoms with Crippen LogP contribution in [-0.4, -0.2) is 24.5 Å². The third kappa shape index (κ3) is 5.03. The number of ether oxygens (including phenoxy) is 2. The predicted molar refractivity (Wildman–Crippen MR) is 153 cm³/mol. The normalized spacial score (nSPS) is 14.8. The van der Waals surface area contributed by atoms with E-state index >= 15 is 0 Å². The minimum atomic E-state index is -0.630. The van der Waals surface area contributed by atoms with Gasteiger partial charge in [-0.05, 0) is 79.6 Å². The second-order valence-electron chi connectivity index (χ2n) is 10.9. The topological polar surface area (TPSA) is 69.0 Å². The number of rotatable bonds is 8. The Morgan fingerprint density at radius 3 is 2.33 bits per heavy atom. The second kappa shape index (κ2) is 10.6. The van der Waals surface area contributed by atoms with Crippen LogP contribution in [0.3, 0.4) is 0 Å². The molecule has 4 aromatic rings. The van der Waals surface area contributed by atoms with E-state index in [0.717, 1.165) is 34.2 Å². The Kier molecular flexibility index (Phi) is 7.21. The third-order valence-electron chi connectivity index (χ3n) is 7.51. The van der Waals surface area contributed by atoms with E-state index in [4.69, 9.17) is 13.9 Å². The molecule has 1 unspecified atom stereocenters. The molecule has 39 heavy (non-hydrogen) atoms. The van der Waals surface area contributed by atoms with Crippen molar-refractivity contribution in [3.8, 4) is 11.5 Å². The largest absolute Gasteiger partial charge is 0.493 e. The summed E-state index contributed by atoms with van der Waals surface area (Å²) in [6.45, 7) is 11.2. The maximum Gasteiger partial charge on any atom is 0.291 e. The van der Waals surface area contributed by atoms with Crippen molar-refractivity contribution in [3.63, 3.8) is 0 Å². The molecule has 0 radical (unpaired) electrons. The Morgan fingerprint density at radius 1 is 0.923 bits per heavy atom. The number of carbonyl (C=O) groups is 1. The van der Waals surface area contributed by atoms with Crippen LogP contribution in [0.15, 0.2) is 63.8 Å². The Balaban J connectivity index is 1.65. The van der Waals surface area contributed by atoms with Crippen LogP contribution in [0.25, 0.3) is 11.0 Å². The molecule has 1 aliphatic heterocycles. The van der Waals surface area contributed by atoms with Gasteiger partial charge in [0.15, 0.2) is 16.9 Å². The van der Waals surface area contributed by atoms with Crippen LogP contribution in [0.5, 0.6) is 11.5 Å². The molecule has 0 saturated carbocycles. The van der Waals surface area contributed by atoms with Crippen LogP contribution in [-0.2, 0) is 6.54 Å². The van der Waals surface area contributed by atoms with Crippen molar-refractivity contribution in [3.05, 3.63) is 104 Å². The fraction of sp³-hybridized carbons (Fsp3) is 0.333. The van der Waals surface area contributed by atoms with E-state index in [1.165, 1.54) is 0 Å². The highest BCUT2D eigenvalue weighted by Crippen LogP contribution is 2.42. The quantitative estimate of drug-likeness (QED) is 0.250. The number of nitrogens with zero attached hydrogens (tertiary/aromatic N) is 1. The second-order valence-corrected chi connectivity index (χ2v) is 10.9. The van der Waals surface area contributed by atoms with Gasteiger partial charge in [0, 0.05) is 6.54 Å². The first kappa shape index (κ1) is 26.5. The summed E-state index contributed by atoms with van der Waals surface area (Å²) in [5.74, 6) is 1.51. The monoisotopic (exact) mass is 525 g/mol. The molecule has 0 aliphatic carbocycles. The number of amides is 1. The van der Waals surface area contributed by atoms with Crippen LogP contribution in [0.2, 0.25) is 0 Å². The van der Waals surface area contributed by atoms with Crippen LogP contribution >= 0.6 is 0 Å². The molecule has 6 nitrogen and oxygen atoms in total. The molecule has 1 aliphatic rings. The first-order valence-corrected chi connectivity index (χ1v) is 13.4. The lowest BCUT2D eigenvalue weighted by molar-refractivity contribution is 0.0714. The summed E-state index contributed by atoms with van der Waals surface area (Å²) in [6.07, 6.45) is 0.923. The fourth-order valence-corrected chi connectivity index (χ4v) is 5.05. The van der Waals surface area contributed by atoms with Crippen LogP contribution in [0.1, 0.15) is 70.2 Å². The van der Waals surface area contributed by atoms with Crippen molar-refractivity contribution in [1.82, 2.24) is 4.90 Å². The number of aryl methyl sites for hydroxylation is 3. The van der Waals surface area contributed by atoms with Crippen molar-refractivity contribution >= 4 is 16.9 Å². The van der Waals surface area contributed by atoms with Gasteiger partial charge >= 0.3 is 0 Å². The zero-order valence-electron chi connectivity index (χ0n) is 23.5. The molecule has 0 saturated heterocycles. The van der Waals surface area contributed by atoms with Gasteiger partial charge in [-0.25, -0.2) is 0 Å². The molecule has 1 aromatic heterocycles. The van der Waals surface area contributed by atoms with Gasteiger partial charge in [0.25, 0.3) is 5.91 Å². The van der Waals surface area contributed by atoms with Crippen molar-refractivity contribution in [2.45, 2.75) is 53.6 Å². The van der Waals surface area contributed by atoms with Crippen molar-refractivity contribution in [2.75, 3.05) is 13.7 Å². The molecule has 0 bridgehead atoms. The SMILES string of the molecule is COc1cc(C2c3c(oc4cc(C)c(C)cc4c3=O)C(=O)N2Cc2ccc(C)cc2)ccc1OCCC(C)C. The fourth-order valence-electron chi connectivity index (χ4n) is 5.05. The minimum absolute atomic E-state index is 0.101. The van der Waals surface area contributed by atoms with Crippen molar-refractivity contribution in [2.24, 2.45) is 5.92 Å². The molecule has 2 heterocycles. The molecular formula is C33H35NO5. The number of fused-ring (bicyclic) bond motifs is 2. The smallest absolute Gasteiger partial charge is 0.291 e. The summed E-state index contributed by atoms with van der Waals surface area (Å²) in [5.41, 5.74) is 5.47. The first-order valence-electron chi connectivity index (χ1n) is 13.4. The van der Waals surface area contributed by atoms with Gasteiger partial charge < -0.3 is 18.8 Å². The average Bonchev–Trinajstić information content (AvgIpc) is 3.18. The number of hydrogen-bond donors (Lipinski definition) is 0. The standard InChI is InChI=1S/C33H35NO5/c1-19(2)13-14-38-26-12-11-24(17-28(26)37-6)30-29-31(35)25-15-21(4)22(5)16-27(25)39-32(29)33(36)34(30)18-23-9-7-20(3)8-10-23/h7-12,15-17,19,30H,13-14,18H2,1-6H3. The summed E-state index contributed by atoms with van der Waals surface area (Å²) in [6, 6.07) is 16.8. The average molecular weight is 526 g/mol. The Morgan fingerprint density at radius 2 is 1.64 bits per heavy atom. The van der Waals surface area contributed by atoms with Gasteiger partial charge in [-0.15, -0.1) is 0 Å².